The van der Waals surface area contributed by atoms with E-state index >= 15 is 0 Å². The minimum Gasteiger partial charge on any atom is -0.268 e. The van der Waals surface area contributed by atoms with Crippen LogP contribution in [0.1, 0.15) is 36.1 Å². The molecule has 0 unspecified atom stereocenters. The van der Waals surface area contributed by atoms with Gasteiger partial charge in [0.15, 0.2) is 0 Å². The van der Waals surface area contributed by atoms with E-state index in [-0.39, 0.29) is 11.4 Å². The fourth-order valence-corrected chi connectivity index (χ4v) is 2.70. The second kappa shape index (κ2) is 5.57. The van der Waals surface area contributed by atoms with Crippen molar-refractivity contribution in [1.82, 2.24) is 9.78 Å². The van der Waals surface area contributed by atoms with E-state index in [1.54, 1.807) is 12.1 Å². The molecule has 20 heavy (non-hydrogen) atoms. The van der Waals surface area contributed by atoms with Crippen LogP contribution in [0.15, 0.2) is 35.1 Å². The van der Waals surface area contributed by atoms with Crippen LogP contribution in [0.2, 0.25) is 0 Å². The van der Waals surface area contributed by atoms with Gasteiger partial charge in [0.1, 0.15) is 5.82 Å². The molecule has 0 saturated carbocycles. The number of benzene rings is 1. The molecule has 104 valence electrons. The van der Waals surface area contributed by atoms with E-state index in [2.05, 4.69) is 5.10 Å². The highest BCUT2D eigenvalue weighted by Crippen LogP contribution is 2.17. The summed E-state index contributed by atoms with van der Waals surface area (Å²) in [6.07, 6.45) is 5.31. The lowest BCUT2D eigenvalue weighted by atomic mass is 10.1. The van der Waals surface area contributed by atoms with Gasteiger partial charge in [-0.1, -0.05) is 18.6 Å². The van der Waals surface area contributed by atoms with Crippen molar-refractivity contribution in [3.63, 3.8) is 0 Å². The Bertz CT molecular complexity index is 678. The van der Waals surface area contributed by atoms with Crippen molar-refractivity contribution < 1.29 is 4.39 Å². The highest BCUT2D eigenvalue weighted by molar-refractivity contribution is 5.21. The second-order valence-corrected chi connectivity index (χ2v) is 5.30. The summed E-state index contributed by atoms with van der Waals surface area (Å²) >= 11 is 0. The Balaban J connectivity index is 1.94. The van der Waals surface area contributed by atoms with Gasteiger partial charge in [-0.15, -0.1) is 0 Å². The summed E-state index contributed by atoms with van der Waals surface area (Å²) in [6.45, 7) is 0.323. The summed E-state index contributed by atoms with van der Waals surface area (Å²) in [4.78, 5) is 12.1. The van der Waals surface area contributed by atoms with Crippen LogP contribution in [0.4, 0.5) is 4.39 Å². The molecule has 3 nitrogen and oxygen atoms in total. The standard InChI is InChI=1S/C16H17FN2O/c17-14-7-4-5-12(9-14)11-19-16(20)10-13-6-2-1-3-8-15(13)18-19/h4-5,7,9-10H,1-3,6,8,11H2. The smallest absolute Gasteiger partial charge is 0.267 e. The van der Waals surface area contributed by atoms with Gasteiger partial charge in [0, 0.05) is 6.07 Å². The van der Waals surface area contributed by atoms with Gasteiger partial charge < -0.3 is 0 Å². The number of hydrogen-bond donors (Lipinski definition) is 0. The summed E-state index contributed by atoms with van der Waals surface area (Å²) in [5, 5.41) is 4.48. The van der Waals surface area contributed by atoms with Crippen molar-refractivity contribution in [3.8, 4) is 0 Å². The molecule has 0 saturated heterocycles. The maximum atomic E-state index is 13.2. The van der Waals surface area contributed by atoms with Crippen LogP contribution in [0.25, 0.3) is 0 Å². The van der Waals surface area contributed by atoms with Gasteiger partial charge in [0.05, 0.1) is 12.2 Å². The Hall–Kier alpha value is -1.97. The number of nitrogens with zero attached hydrogens (tertiary/aromatic N) is 2. The molecule has 0 amide bonds. The molecule has 1 heterocycles. The highest BCUT2D eigenvalue weighted by atomic mass is 19.1. The molecule has 0 N–H and O–H groups in total. The van der Waals surface area contributed by atoms with E-state index in [4.69, 9.17) is 0 Å². The molecule has 0 atom stereocenters. The van der Waals surface area contributed by atoms with Gasteiger partial charge in [-0.25, -0.2) is 9.07 Å². The van der Waals surface area contributed by atoms with Gasteiger partial charge >= 0.3 is 0 Å². The van der Waals surface area contributed by atoms with Crippen LogP contribution in [-0.2, 0) is 19.4 Å². The van der Waals surface area contributed by atoms with Crippen LogP contribution >= 0.6 is 0 Å². The fourth-order valence-electron chi connectivity index (χ4n) is 2.70. The minimum absolute atomic E-state index is 0.102. The zero-order valence-electron chi connectivity index (χ0n) is 11.3. The second-order valence-electron chi connectivity index (χ2n) is 5.30. The van der Waals surface area contributed by atoms with E-state index in [9.17, 15) is 9.18 Å². The number of hydrogen-bond acceptors (Lipinski definition) is 2. The quantitative estimate of drug-likeness (QED) is 0.788. The van der Waals surface area contributed by atoms with E-state index in [1.807, 2.05) is 6.07 Å². The Labute approximate surface area is 117 Å². The molecule has 1 aliphatic rings. The van der Waals surface area contributed by atoms with E-state index in [0.717, 1.165) is 42.5 Å². The van der Waals surface area contributed by atoms with Gasteiger partial charge in [-0.2, -0.15) is 5.10 Å². The normalized spacial score (nSPS) is 14.7. The summed E-state index contributed by atoms with van der Waals surface area (Å²) in [7, 11) is 0. The van der Waals surface area contributed by atoms with E-state index < -0.39 is 0 Å². The largest absolute Gasteiger partial charge is 0.268 e. The highest BCUT2D eigenvalue weighted by Gasteiger charge is 2.12. The van der Waals surface area contributed by atoms with Gasteiger partial charge in [0.25, 0.3) is 5.56 Å². The predicted molar refractivity (Wildman–Crippen MR) is 75.3 cm³/mol. The number of fused-ring (bicyclic) bond motifs is 1. The zero-order chi connectivity index (χ0) is 13.9. The monoisotopic (exact) mass is 272 g/mol. The molecule has 0 aliphatic heterocycles. The predicted octanol–water partition coefficient (Wildman–Crippen LogP) is 2.70. The zero-order valence-corrected chi connectivity index (χ0v) is 11.3. The van der Waals surface area contributed by atoms with E-state index in [1.165, 1.54) is 23.2 Å². The summed E-state index contributed by atoms with van der Waals surface area (Å²) in [6, 6.07) is 8.01. The molecular formula is C16H17FN2O. The SMILES string of the molecule is O=c1cc2c(nn1Cc1cccc(F)c1)CCCCC2. The Morgan fingerprint density at radius 3 is 2.85 bits per heavy atom. The molecule has 1 aromatic heterocycles. The number of rotatable bonds is 2. The third-order valence-electron chi connectivity index (χ3n) is 3.75. The fraction of sp³-hybridized carbons (Fsp3) is 0.375. The van der Waals surface area contributed by atoms with Crippen molar-refractivity contribution in [3.05, 3.63) is 63.3 Å². The third-order valence-corrected chi connectivity index (χ3v) is 3.75. The average molecular weight is 272 g/mol. The van der Waals surface area contributed by atoms with E-state index in [0.29, 0.717) is 6.54 Å². The summed E-state index contributed by atoms with van der Waals surface area (Å²) in [5.74, 6) is -0.287. The Morgan fingerprint density at radius 2 is 2.00 bits per heavy atom. The van der Waals surface area contributed by atoms with Gasteiger partial charge in [-0.05, 0) is 48.9 Å². The number of aromatic nitrogens is 2. The summed E-state index contributed by atoms with van der Waals surface area (Å²) < 4.78 is 14.6. The molecule has 0 spiro atoms. The van der Waals surface area contributed by atoms with Crippen molar-refractivity contribution >= 4 is 0 Å². The van der Waals surface area contributed by atoms with Crippen LogP contribution in [0.5, 0.6) is 0 Å². The molecule has 2 aromatic rings. The first-order valence-corrected chi connectivity index (χ1v) is 7.07. The Morgan fingerprint density at radius 1 is 1.15 bits per heavy atom. The number of aryl methyl sites for hydroxylation is 2. The molecule has 1 aromatic carbocycles. The van der Waals surface area contributed by atoms with Gasteiger partial charge in [-0.3, -0.25) is 4.79 Å². The maximum absolute atomic E-state index is 13.2. The topological polar surface area (TPSA) is 34.9 Å². The maximum Gasteiger partial charge on any atom is 0.267 e. The van der Waals surface area contributed by atoms with Crippen LogP contribution < -0.4 is 5.56 Å². The number of halogens is 1. The van der Waals surface area contributed by atoms with Crippen molar-refractivity contribution in [2.24, 2.45) is 0 Å². The first-order valence-electron chi connectivity index (χ1n) is 7.07. The molecule has 0 radical (unpaired) electrons. The van der Waals surface area contributed by atoms with Crippen molar-refractivity contribution in [2.45, 2.75) is 38.6 Å². The molecule has 4 heteroatoms. The van der Waals surface area contributed by atoms with Crippen molar-refractivity contribution in [2.75, 3.05) is 0 Å². The lowest BCUT2D eigenvalue weighted by molar-refractivity contribution is 0.597. The molecule has 3 rings (SSSR count). The van der Waals surface area contributed by atoms with Crippen molar-refractivity contribution in [1.29, 1.82) is 0 Å². The Kier molecular flexibility index (Phi) is 3.63. The van der Waals surface area contributed by atoms with Gasteiger partial charge in [0.2, 0.25) is 0 Å². The molecule has 0 bridgehead atoms. The third kappa shape index (κ3) is 2.79. The lowest BCUT2D eigenvalue weighted by Crippen LogP contribution is -2.25. The summed E-state index contributed by atoms with van der Waals surface area (Å²) in [5.41, 5.74) is 2.77. The van der Waals surface area contributed by atoms with Crippen LogP contribution in [0, 0.1) is 5.82 Å². The minimum atomic E-state index is -0.287. The lowest BCUT2D eigenvalue weighted by Gasteiger charge is -2.09. The average Bonchev–Trinajstić information content (AvgIpc) is 2.64. The first kappa shape index (κ1) is 13.0. The van der Waals surface area contributed by atoms with Crippen LogP contribution in [0.3, 0.4) is 0 Å². The molecule has 0 fully saturated rings. The molecular weight excluding hydrogens is 255 g/mol. The molecule has 1 aliphatic carbocycles. The first-order chi connectivity index (χ1) is 9.72. The van der Waals surface area contributed by atoms with Crippen LogP contribution in [-0.4, -0.2) is 9.78 Å².